The first-order valence-electron chi connectivity index (χ1n) is 11.1. The third-order valence-corrected chi connectivity index (χ3v) is 6.79. The van der Waals surface area contributed by atoms with Gasteiger partial charge in [-0.15, -0.1) is 0 Å². The molecule has 0 bridgehead atoms. The number of hydrogen-bond acceptors (Lipinski definition) is 5. The molecular weight excluding hydrogens is 524 g/mol. The van der Waals surface area contributed by atoms with Crippen LogP contribution in [0, 0.1) is 12.7 Å². The van der Waals surface area contributed by atoms with E-state index in [-0.39, 0.29) is 27.4 Å². The molecule has 0 radical (unpaired) electrons. The van der Waals surface area contributed by atoms with Crippen LogP contribution in [0.25, 0.3) is 16.9 Å². The van der Waals surface area contributed by atoms with Crippen molar-refractivity contribution in [1.82, 2.24) is 4.57 Å². The summed E-state index contributed by atoms with van der Waals surface area (Å²) in [5, 5.41) is 3.19. The van der Waals surface area contributed by atoms with Gasteiger partial charge in [0.1, 0.15) is 5.82 Å². The number of alkyl halides is 3. The Morgan fingerprint density at radius 1 is 0.921 bits per heavy atom. The van der Waals surface area contributed by atoms with Gasteiger partial charge in [-0.1, -0.05) is 35.5 Å². The van der Waals surface area contributed by atoms with Gasteiger partial charge in [0.2, 0.25) is 0 Å². The van der Waals surface area contributed by atoms with Crippen LogP contribution >= 0.6 is 0 Å². The van der Waals surface area contributed by atoms with Crippen LogP contribution in [-0.2, 0) is 14.7 Å². The first kappa shape index (κ1) is 26.8. The zero-order valence-corrected chi connectivity index (χ0v) is 20.8. The van der Waals surface area contributed by atoms with E-state index >= 15 is 0 Å². The molecule has 6 nitrogen and oxygen atoms in total. The van der Waals surface area contributed by atoms with Crippen LogP contribution in [-0.4, -0.2) is 37.1 Å². The standard InChI is InChI=1S/C27H20F4N2O4S/c1-17-23(25(27(29,30)31)32-37-26(34)19-6-4-3-5-7-19)16-24(33(17)21-12-10-20(28)11-13-21)18-8-14-22(15-9-18)38(2,35)36/h3-16H,1-2H3. The molecule has 0 spiro atoms. The predicted molar refractivity (Wildman–Crippen MR) is 133 cm³/mol. The Kier molecular flexibility index (Phi) is 7.23. The van der Waals surface area contributed by atoms with Gasteiger partial charge in [-0.3, -0.25) is 0 Å². The smallest absolute Gasteiger partial charge is 0.313 e. The molecule has 0 aliphatic rings. The molecule has 3 aromatic carbocycles. The van der Waals surface area contributed by atoms with Crippen LogP contribution < -0.4 is 0 Å². The topological polar surface area (TPSA) is 77.7 Å². The van der Waals surface area contributed by atoms with E-state index in [0.29, 0.717) is 11.3 Å². The Labute approximate surface area is 215 Å². The maximum absolute atomic E-state index is 14.2. The van der Waals surface area contributed by atoms with Gasteiger partial charge in [-0.2, -0.15) is 13.2 Å². The molecule has 0 fully saturated rings. The largest absolute Gasteiger partial charge is 0.437 e. The summed E-state index contributed by atoms with van der Waals surface area (Å²) >= 11 is 0. The zero-order valence-electron chi connectivity index (χ0n) is 20.0. The summed E-state index contributed by atoms with van der Waals surface area (Å²) in [7, 11) is -3.51. The summed E-state index contributed by atoms with van der Waals surface area (Å²) in [6.45, 7) is 1.41. The van der Waals surface area contributed by atoms with Gasteiger partial charge >= 0.3 is 12.1 Å². The molecule has 196 valence electrons. The molecule has 0 N–H and O–H groups in total. The Balaban J connectivity index is 1.88. The van der Waals surface area contributed by atoms with Crippen molar-refractivity contribution in [2.45, 2.75) is 18.0 Å². The van der Waals surface area contributed by atoms with Gasteiger partial charge in [-0.25, -0.2) is 17.6 Å². The van der Waals surface area contributed by atoms with Crippen LogP contribution in [0.2, 0.25) is 0 Å². The van der Waals surface area contributed by atoms with Gasteiger partial charge in [0.05, 0.1) is 16.2 Å². The maximum atomic E-state index is 14.2. The number of benzene rings is 3. The van der Waals surface area contributed by atoms with Crippen LogP contribution in [0.4, 0.5) is 17.6 Å². The van der Waals surface area contributed by atoms with Crippen molar-refractivity contribution in [2.24, 2.45) is 5.16 Å². The van der Waals surface area contributed by atoms with Gasteiger partial charge in [0.25, 0.3) is 0 Å². The highest BCUT2D eigenvalue weighted by Gasteiger charge is 2.40. The summed E-state index contributed by atoms with van der Waals surface area (Å²) < 4.78 is 81.3. The van der Waals surface area contributed by atoms with E-state index in [2.05, 4.69) is 9.99 Å². The average molecular weight is 545 g/mol. The monoisotopic (exact) mass is 544 g/mol. The molecule has 1 aromatic heterocycles. The molecule has 1 heterocycles. The number of rotatable bonds is 6. The SMILES string of the molecule is Cc1c(C(=NOC(=O)c2ccccc2)C(F)(F)F)cc(-c2ccc(S(C)(=O)=O)cc2)n1-c1ccc(F)cc1. The second kappa shape index (κ2) is 10.3. The molecule has 38 heavy (non-hydrogen) atoms. The van der Waals surface area contributed by atoms with E-state index in [0.717, 1.165) is 18.4 Å². The molecule has 0 unspecified atom stereocenters. The van der Waals surface area contributed by atoms with Gasteiger partial charge in [0.15, 0.2) is 15.5 Å². The lowest BCUT2D eigenvalue weighted by atomic mass is 10.1. The summed E-state index contributed by atoms with van der Waals surface area (Å²) in [6.07, 6.45) is -3.97. The predicted octanol–water partition coefficient (Wildman–Crippen LogP) is 6.12. The molecule has 0 aliphatic carbocycles. The van der Waals surface area contributed by atoms with Crippen molar-refractivity contribution in [1.29, 1.82) is 0 Å². The van der Waals surface area contributed by atoms with Crippen molar-refractivity contribution in [2.75, 3.05) is 6.26 Å². The number of nitrogens with zero attached hydrogens (tertiary/aromatic N) is 2. The molecule has 11 heteroatoms. The normalized spacial score (nSPS) is 12.4. The molecule has 0 saturated carbocycles. The average Bonchev–Trinajstić information content (AvgIpc) is 3.20. The Hall–Kier alpha value is -4.25. The number of carbonyl (C=O) groups is 1. The van der Waals surface area contributed by atoms with Crippen molar-refractivity contribution < 1.29 is 35.6 Å². The molecule has 4 rings (SSSR count). The van der Waals surface area contributed by atoms with E-state index < -0.39 is 33.5 Å². The highest BCUT2D eigenvalue weighted by molar-refractivity contribution is 7.90. The van der Waals surface area contributed by atoms with Gasteiger partial charge in [0, 0.05) is 23.2 Å². The van der Waals surface area contributed by atoms with Gasteiger partial charge in [-0.05, 0) is 67.1 Å². The van der Waals surface area contributed by atoms with E-state index in [1.54, 1.807) is 6.07 Å². The molecule has 4 aromatic rings. The second-order valence-corrected chi connectivity index (χ2v) is 10.3. The van der Waals surface area contributed by atoms with E-state index in [9.17, 15) is 30.8 Å². The van der Waals surface area contributed by atoms with E-state index in [1.165, 1.54) is 78.2 Å². The number of aromatic nitrogens is 1. The second-order valence-electron chi connectivity index (χ2n) is 8.32. The fourth-order valence-electron chi connectivity index (χ4n) is 3.82. The third-order valence-electron chi connectivity index (χ3n) is 5.66. The first-order chi connectivity index (χ1) is 17.9. The maximum Gasteiger partial charge on any atom is 0.437 e. The summed E-state index contributed by atoms with van der Waals surface area (Å²) in [5.74, 6) is -1.61. The molecule has 0 saturated heterocycles. The van der Waals surface area contributed by atoms with Crippen molar-refractivity contribution in [3.8, 4) is 16.9 Å². The van der Waals surface area contributed by atoms with E-state index in [4.69, 9.17) is 0 Å². The summed E-state index contributed by atoms with van der Waals surface area (Å²) in [5.41, 5.74) is -0.760. The lowest BCUT2D eigenvalue weighted by molar-refractivity contribution is -0.0605. The number of hydrogen-bond donors (Lipinski definition) is 0. The highest BCUT2D eigenvalue weighted by Crippen LogP contribution is 2.34. The lowest BCUT2D eigenvalue weighted by Crippen LogP contribution is -2.25. The Morgan fingerprint density at radius 2 is 1.53 bits per heavy atom. The third kappa shape index (κ3) is 5.67. The quantitative estimate of drug-likeness (QED) is 0.127. The van der Waals surface area contributed by atoms with Crippen LogP contribution in [0.1, 0.15) is 21.6 Å². The van der Waals surface area contributed by atoms with Crippen LogP contribution in [0.15, 0.2) is 95.0 Å². The summed E-state index contributed by atoms with van der Waals surface area (Å²) in [4.78, 5) is 17.0. The minimum absolute atomic E-state index is 0.0186. The van der Waals surface area contributed by atoms with Crippen molar-refractivity contribution in [3.05, 3.63) is 108 Å². The fourth-order valence-corrected chi connectivity index (χ4v) is 4.45. The summed E-state index contributed by atoms with van der Waals surface area (Å²) in [6, 6.07) is 19.3. The molecule has 0 aliphatic heterocycles. The zero-order chi connectivity index (χ0) is 27.7. The first-order valence-corrected chi connectivity index (χ1v) is 13.0. The van der Waals surface area contributed by atoms with Crippen molar-refractivity contribution >= 4 is 21.5 Å². The minimum atomic E-state index is -5.01. The number of carbonyl (C=O) groups excluding carboxylic acids is 1. The number of halogens is 4. The van der Waals surface area contributed by atoms with Gasteiger partial charge < -0.3 is 9.40 Å². The highest BCUT2D eigenvalue weighted by atomic mass is 32.2. The Morgan fingerprint density at radius 3 is 2.08 bits per heavy atom. The molecule has 0 amide bonds. The fraction of sp³-hybridized carbons (Fsp3) is 0.111. The lowest BCUT2D eigenvalue weighted by Gasteiger charge is -2.14. The molecular formula is C27H20F4N2O4S. The van der Waals surface area contributed by atoms with Crippen molar-refractivity contribution in [3.63, 3.8) is 0 Å². The van der Waals surface area contributed by atoms with E-state index in [1.807, 2.05) is 0 Å². The Bertz CT molecular complexity index is 1610. The number of sulfone groups is 1. The number of oxime groups is 1. The minimum Gasteiger partial charge on any atom is -0.313 e. The van der Waals surface area contributed by atoms with Crippen LogP contribution in [0.3, 0.4) is 0 Å². The van der Waals surface area contributed by atoms with Crippen LogP contribution in [0.5, 0.6) is 0 Å². The molecule has 0 atom stereocenters.